The van der Waals surface area contributed by atoms with Gasteiger partial charge in [0.15, 0.2) is 5.17 Å². The maximum atomic E-state index is 9.62. The van der Waals surface area contributed by atoms with Gasteiger partial charge in [-0.2, -0.15) is 0 Å². The van der Waals surface area contributed by atoms with E-state index in [0.717, 1.165) is 28.9 Å². The Hall–Kier alpha value is -1.30. The third-order valence-corrected chi connectivity index (χ3v) is 5.82. The van der Waals surface area contributed by atoms with Crippen molar-refractivity contribution in [3.05, 3.63) is 39.6 Å². The van der Waals surface area contributed by atoms with Gasteiger partial charge in [0.05, 0.1) is 23.7 Å². The summed E-state index contributed by atoms with van der Waals surface area (Å²) in [7, 11) is 0. The maximum Gasteiger partial charge on any atom is 0.168 e. The molecule has 0 aliphatic carbocycles. The molecule has 0 fully saturated rings. The Balaban J connectivity index is 1.86. The summed E-state index contributed by atoms with van der Waals surface area (Å²) in [6.45, 7) is 3.98. The fourth-order valence-corrected chi connectivity index (χ4v) is 4.93. The topological polar surface area (TPSA) is 35.8 Å². The van der Waals surface area contributed by atoms with Crippen molar-refractivity contribution in [2.45, 2.75) is 6.92 Å². The SMILES string of the molecule is Cc1ccc2sc(C3=C(CO)SC4=NCCN43)cc2c1. The summed E-state index contributed by atoms with van der Waals surface area (Å²) >= 11 is 3.40. The van der Waals surface area contributed by atoms with Gasteiger partial charge in [0.1, 0.15) is 0 Å². The number of hydrogen-bond acceptors (Lipinski definition) is 5. The number of aliphatic hydroxyl groups is 1. The zero-order valence-corrected chi connectivity index (χ0v) is 12.7. The zero-order valence-electron chi connectivity index (χ0n) is 11.1. The van der Waals surface area contributed by atoms with E-state index in [0.29, 0.717) is 0 Å². The van der Waals surface area contributed by atoms with Gasteiger partial charge < -0.3 is 10.0 Å². The highest BCUT2D eigenvalue weighted by atomic mass is 32.2. The van der Waals surface area contributed by atoms with Gasteiger partial charge in [-0.05, 0) is 24.4 Å². The summed E-state index contributed by atoms with van der Waals surface area (Å²) < 4.78 is 1.30. The molecule has 0 saturated heterocycles. The van der Waals surface area contributed by atoms with Crippen molar-refractivity contribution < 1.29 is 5.11 Å². The van der Waals surface area contributed by atoms with Gasteiger partial charge in [-0.1, -0.05) is 29.5 Å². The molecule has 0 amide bonds. The van der Waals surface area contributed by atoms with Gasteiger partial charge in [-0.15, -0.1) is 11.3 Å². The molecule has 0 atom stereocenters. The second-order valence-electron chi connectivity index (χ2n) is 5.00. The van der Waals surface area contributed by atoms with Crippen LogP contribution in [0.2, 0.25) is 0 Å². The second kappa shape index (κ2) is 4.62. The molecule has 2 aliphatic heterocycles. The highest BCUT2D eigenvalue weighted by Gasteiger charge is 2.33. The molecular weight excluding hydrogens is 288 g/mol. The zero-order chi connectivity index (χ0) is 13.7. The fourth-order valence-electron chi connectivity index (χ4n) is 2.69. The predicted octanol–water partition coefficient (Wildman–Crippen LogP) is 3.29. The smallest absolute Gasteiger partial charge is 0.168 e. The van der Waals surface area contributed by atoms with E-state index in [9.17, 15) is 5.11 Å². The highest BCUT2D eigenvalue weighted by Crippen LogP contribution is 2.44. The van der Waals surface area contributed by atoms with Gasteiger partial charge in [-0.3, -0.25) is 4.99 Å². The fraction of sp³-hybridized carbons (Fsp3) is 0.267. The number of nitrogens with zero attached hydrogens (tertiary/aromatic N) is 2. The molecule has 2 aliphatic rings. The molecule has 0 radical (unpaired) electrons. The summed E-state index contributed by atoms with van der Waals surface area (Å²) in [4.78, 5) is 8.99. The van der Waals surface area contributed by atoms with Gasteiger partial charge in [0.25, 0.3) is 0 Å². The third-order valence-electron chi connectivity index (χ3n) is 3.60. The molecule has 0 bridgehead atoms. The predicted molar refractivity (Wildman–Crippen MR) is 87.2 cm³/mol. The molecule has 3 nitrogen and oxygen atoms in total. The number of aliphatic imine (C=N–C) groups is 1. The molecule has 4 rings (SSSR count). The van der Waals surface area contributed by atoms with Crippen LogP contribution in [-0.2, 0) is 0 Å². The van der Waals surface area contributed by atoms with Crippen molar-refractivity contribution in [2.75, 3.05) is 19.7 Å². The van der Waals surface area contributed by atoms with Crippen LogP contribution in [-0.4, -0.2) is 34.9 Å². The normalized spacial score (nSPS) is 18.1. The molecule has 0 unspecified atom stereocenters. The second-order valence-corrected chi connectivity index (χ2v) is 7.15. The van der Waals surface area contributed by atoms with Crippen LogP contribution in [0.15, 0.2) is 34.2 Å². The molecule has 5 heteroatoms. The number of thiophene rings is 1. The van der Waals surface area contributed by atoms with Crippen LogP contribution in [0.1, 0.15) is 10.4 Å². The molecular formula is C15H14N2OS2. The van der Waals surface area contributed by atoms with Crippen molar-refractivity contribution in [1.29, 1.82) is 0 Å². The Morgan fingerprint density at radius 2 is 2.25 bits per heavy atom. The van der Waals surface area contributed by atoms with E-state index in [4.69, 9.17) is 0 Å². The largest absolute Gasteiger partial charge is 0.391 e. The van der Waals surface area contributed by atoms with E-state index >= 15 is 0 Å². The van der Waals surface area contributed by atoms with E-state index in [-0.39, 0.29) is 6.61 Å². The first-order valence-corrected chi connectivity index (χ1v) is 8.24. The molecule has 1 aromatic heterocycles. The quantitative estimate of drug-likeness (QED) is 0.924. The number of fused-ring (bicyclic) bond motifs is 2. The monoisotopic (exact) mass is 302 g/mol. The van der Waals surface area contributed by atoms with Gasteiger partial charge in [0, 0.05) is 16.1 Å². The van der Waals surface area contributed by atoms with Crippen LogP contribution in [0.25, 0.3) is 15.8 Å². The first-order chi connectivity index (χ1) is 9.76. The minimum absolute atomic E-state index is 0.0861. The number of hydrogen-bond donors (Lipinski definition) is 1. The van der Waals surface area contributed by atoms with E-state index in [1.807, 2.05) is 0 Å². The van der Waals surface area contributed by atoms with E-state index in [1.165, 1.54) is 20.5 Å². The Morgan fingerprint density at radius 1 is 1.35 bits per heavy atom. The first kappa shape index (κ1) is 12.4. The summed E-state index contributed by atoms with van der Waals surface area (Å²) in [6, 6.07) is 8.78. The molecule has 0 spiro atoms. The van der Waals surface area contributed by atoms with Crippen molar-refractivity contribution in [3.63, 3.8) is 0 Å². The summed E-state index contributed by atoms with van der Waals surface area (Å²) in [5, 5.41) is 11.9. The van der Waals surface area contributed by atoms with Gasteiger partial charge in [0.2, 0.25) is 0 Å². The standard InChI is InChI=1S/C15H14N2OS2/c1-9-2-3-11-10(6-9)7-12(19-11)14-13(8-18)20-15-16-4-5-17(14)15/h2-3,6-7,18H,4-5,8H2,1H3. The number of thioether (sulfide) groups is 1. The minimum atomic E-state index is 0.0861. The van der Waals surface area contributed by atoms with Crippen LogP contribution < -0.4 is 0 Å². The minimum Gasteiger partial charge on any atom is -0.391 e. The molecule has 1 aromatic carbocycles. The van der Waals surface area contributed by atoms with Crippen LogP contribution in [0, 0.1) is 6.92 Å². The summed E-state index contributed by atoms with van der Waals surface area (Å²) in [6.07, 6.45) is 0. The van der Waals surface area contributed by atoms with Crippen molar-refractivity contribution in [1.82, 2.24) is 4.90 Å². The lowest BCUT2D eigenvalue weighted by Crippen LogP contribution is -2.19. The van der Waals surface area contributed by atoms with Gasteiger partial charge >= 0.3 is 0 Å². The van der Waals surface area contributed by atoms with Crippen LogP contribution in [0.4, 0.5) is 0 Å². The Kier molecular flexibility index (Phi) is 2.87. The van der Waals surface area contributed by atoms with Crippen molar-refractivity contribution in [2.24, 2.45) is 4.99 Å². The summed E-state index contributed by atoms with van der Waals surface area (Å²) in [5.41, 5.74) is 2.44. The van der Waals surface area contributed by atoms with Crippen LogP contribution in [0.5, 0.6) is 0 Å². The van der Waals surface area contributed by atoms with E-state index < -0.39 is 0 Å². The molecule has 0 saturated carbocycles. The van der Waals surface area contributed by atoms with Crippen molar-refractivity contribution >= 4 is 44.0 Å². The third kappa shape index (κ3) is 1.81. The van der Waals surface area contributed by atoms with E-state index in [1.54, 1.807) is 23.1 Å². The maximum absolute atomic E-state index is 9.62. The first-order valence-electron chi connectivity index (χ1n) is 6.60. The molecule has 1 N–H and O–H groups in total. The van der Waals surface area contributed by atoms with Crippen molar-refractivity contribution in [3.8, 4) is 0 Å². The molecule has 3 heterocycles. The number of rotatable bonds is 2. The Bertz CT molecular complexity index is 760. The molecule has 2 aromatic rings. The number of aliphatic hydroxyl groups excluding tert-OH is 1. The molecule has 102 valence electrons. The lowest BCUT2D eigenvalue weighted by Gasteiger charge is -2.15. The Morgan fingerprint density at radius 3 is 3.10 bits per heavy atom. The average Bonchev–Trinajstić information content (AvgIpc) is 3.09. The number of amidine groups is 1. The van der Waals surface area contributed by atoms with E-state index in [2.05, 4.69) is 41.1 Å². The lowest BCUT2D eigenvalue weighted by molar-refractivity contribution is 0.339. The van der Waals surface area contributed by atoms with Crippen LogP contribution in [0.3, 0.4) is 0 Å². The van der Waals surface area contributed by atoms with Crippen LogP contribution >= 0.6 is 23.1 Å². The average molecular weight is 302 g/mol. The Labute approximate surface area is 125 Å². The number of benzene rings is 1. The summed E-state index contributed by atoms with van der Waals surface area (Å²) in [5.74, 6) is 0. The van der Waals surface area contributed by atoms with Gasteiger partial charge in [-0.25, -0.2) is 0 Å². The highest BCUT2D eigenvalue weighted by molar-refractivity contribution is 8.17. The lowest BCUT2D eigenvalue weighted by atomic mass is 10.2. The number of aryl methyl sites for hydroxylation is 1. The molecule has 20 heavy (non-hydrogen) atoms.